The van der Waals surface area contributed by atoms with Crippen LogP contribution in [0.1, 0.15) is 11.1 Å². The van der Waals surface area contributed by atoms with Crippen molar-refractivity contribution in [1.29, 1.82) is 0 Å². The largest absolute Gasteiger partial charge is 0.629 e. The molecule has 20 heavy (non-hydrogen) atoms. The summed E-state index contributed by atoms with van der Waals surface area (Å²) < 4.78 is 0. The molecular formula is C16H17N3O. The highest BCUT2D eigenvalue weighted by molar-refractivity contribution is 5.85. The predicted octanol–water partition coefficient (Wildman–Crippen LogP) is 0.760. The van der Waals surface area contributed by atoms with Crippen molar-refractivity contribution in [2.75, 3.05) is 6.54 Å². The van der Waals surface area contributed by atoms with Crippen LogP contribution in [-0.4, -0.2) is 12.2 Å². The zero-order valence-corrected chi connectivity index (χ0v) is 11.0. The molecule has 0 amide bonds. The molecule has 0 aromatic heterocycles. The zero-order chi connectivity index (χ0) is 14.2. The van der Waals surface area contributed by atoms with Crippen molar-refractivity contribution in [3.63, 3.8) is 0 Å². The molecule has 2 aromatic rings. The van der Waals surface area contributed by atoms with Crippen LogP contribution in [0, 0.1) is 5.21 Å². The summed E-state index contributed by atoms with van der Waals surface area (Å²) in [6, 6.07) is 17.4. The van der Waals surface area contributed by atoms with Crippen LogP contribution < -0.4 is 16.5 Å². The van der Waals surface area contributed by atoms with Gasteiger partial charge in [-0.15, -0.1) is 0 Å². The average Bonchev–Trinajstić information content (AvgIpc) is 2.55. The van der Waals surface area contributed by atoms with Crippen molar-refractivity contribution >= 4 is 11.3 Å². The van der Waals surface area contributed by atoms with Crippen molar-refractivity contribution in [3.8, 4) is 0 Å². The monoisotopic (exact) mass is 267 g/mol. The predicted molar refractivity (Wildman–Crippen MR) is 79.9 cm³/mol. The minimum absolute atomic E-state index is 0.0206. The van der Waals surface area contributed by atoms with Gasteiger partial charge in [0.25, 0.3) is 0 Å². The lowest BCUT2D eigenvalue weighted by molar-refractivity contribution is -0.780. The van der Waals surface area contributed by atoms with Crippen LogP contribution in [0.15, 0.2) is 60.7 Å². The fourth-order valence-electron chi connectivity index (χ4n) is 2.59. The van der Waals surface area contributed by atoms with Gasteiger partial charge in [-0.05, 0) is 29.3 Å². The molecule has 0 bridgehead atoms. The topological polar surface area (TPSA) is 79.5 Å². The number of quaternary nitrogens is 1. The maximum absolute atomic E-state index is 12.3. The van der Waals surface area contributed by atoms with Crippen LogP contribution in [0.4, 0.5) is 5.69 Å². The lowest BCUT2D eigenvalue weighted by Gasteiger charge is -2.27. The van der Waals surface area contributed by atoms with Crippen LogP contribution in [0.3, 0.4) is 0 Å². The van der Waals surface area contributed by atoms with Crippen molar-refractivity contribution in [1.82, 2.24) is 0 Å². The summed E-state index contributed by atoms with van der Waals surface area (Å²) in [6.45, 7) is 0.111. The number of nitrogens with two attached hydrogens (primary N) is 2. The normalized spacial score (nSPS) is 20.8. The molecule has 4 heteroatoms. The highest BCUT2D eigenvalue weighted by atomic mass is 16.5. The molecule has 3 rings (SSSR count). The molecular weight excluding hydrogens is 250 g/mol. The Hall–Kier alpha value is -1.98. The number of hydrogen-bond donors (Lipinski definition) is 3. The first-order valence-electron chi connectivity index (χ1n) is 6.55. The lowest BCUT2D eigenvalue weighted by atomic mass is 9.95. The van der Waals surface area contributed by atoms with Gasteiger partial charge in [0.1, 0.15) is 17.9 Å². The highest BCUT2D eigenvalue weighted by Gasteiger charge is 2.29. The number of benzene rings is 2. The molecule has 0 spiro atoms. The molecule has 1 aliphatic heterocycles. The molecule has 102 valence electrons. The first-order chi connectivity index (χ1) is 9.57. The first-order valence-corrected chi connectivity index (χ1v) is 6.55. The van der Waals surface area contributed by atoms with Gasteiger partial charge in [0.2, 0.25) is 0 Å². The van der Waals surface area contributed by atoms with Crippen molar-refractivity contribution in [2.45, 2.75) is 5.66 Å². The van der Waals surface area contributed by atoms with E-state index in [1.807, 2.05) is 54.6 Å². The van der Waals surface area contributed by atoms with E-state index in [0.717, 1.165) is 16.7 Å². The van der Waals surface area contributed by atoms with Gasteiger partial charge in [0, 0.05) is 5.56 Å². The third-order valence-electron chi connectivity index (χ3n) is 3.48. The van der Waals surface area contributed by atoms with E-state index in [1.54, 1.807) is 6.08 Å². The molecule has 2 aromatic carbocycles. The molecule has 0 radical (unpaired) electrons. The molecule has 0 saturated heterocycles. The second kappa shape index (κ2) is 4.85. The molecule has 1 heterocycles. The third kappa shape index (κ3) is 2.37. The summed E-state index contributed by atoms with van der Waals surface area (Å²) in [7, 11) is 0. The second-order valence-electron chi connectivity index (χ2n) is 5.18. The Labute approximate surface area is 117 Å². The summed E-state index contributed by atoms with van der Waals surface area (Å²) in [5, 5.41) is 12.3. The minimum atomic E-state index is -1.12. The van der Waals surface area contributed by atoms with Gasteiger partial charge in [0.15, 0.2) is 0 Å². The molecule has 0 fully saturated rings. The SMILES string of the molecule is NC1(N)C=C(c2ccccc2)c2ccccc2[NH+]([O-])C1. The van der Waals surface area contributed by atoms with Gasteiger partial charge in [-0.3, -0.25) is 0 Å². The summed E-state index contributed by atoms with van der Waals surface area (Å²) in [4.78, 5) is 0. The Kier molecular flexibility index (Phi) is 3.16. The quantitative estimate of drug-likeness (QED) is 0.527. The van der Waals surface area contributed by atoms with Crippen LogP contribution in [0.25, 0.3) is 5.57 Å². The molecule has 0 saturated carbocycles. The smallest absolute Gasteiger partial charge is 0.139 e. The zero-order valence-electron chi connectivity index (χ0n) is 11.0. The van der Waals surface area contributed by atoms with Gasteiger partial charge < -0.3 is 21.7 Å². The minimum Gasteiger partial charge on any atom is -0.629 e. The number of para-hydroxylation sites is 1. The van der Waals surface area contributed by atoms with E-state index in [9.17, 15) is 5.21 Å². The Bertz CT molecular complexity index is 650. The number of hydroxylamine groups is 1. The number of nitrogens with one attached hydrogen (secondary N) is 1. The fraction of sp³-hybridized carbons (Fsp3) is 0.125. The second-order valence-corrected chi connectivity index (χ2v) is 5.18. The van der Waals surface area contributed by atoms with Crippen LogP contribution in [0.2, 0.25) is 0 Å². The molecule has 1 atom stereocenters. The van der Waals surface area contributed by atoms with Crippen molar-refractivity contribution in [2.24, 2.45) is 11.5 Å². The lowest BCUT2D eigenvalue weighted by Crippen LogP contribution is -3.05. The fourth-order valence-corrected chi connectivity index (χ4v) is 2.59. The molecule has 5 N–H and O–H groups in total. The maximum Gasteiger partial charge on any atom is 0.139 e. The molecule has 1 unspecified atom stereocenters. The standard InChI is InChI=1S/C16H17N3O/c17-16(18)10-14(12-6-2-1-3-7-12)13-8-4-5-9-15(13)19(20)11-16/h1-10,19H,11,17-18H2. The summed E-state index contributed by atoms with van der Waals surface area (Å²) >= 11 is 0. The number of hydrogen-bond acceptors (Lipinski definition) is 3. The van der Waals surface area contributed by atoms with Crippen LogP contribution in [-0.2, 0) is 0 Å². The number of fused-ring (bicyclic) bond motifs is 1. The molecule has 1 aliphatic rings. The Morgan fingerprint density at radius 3 is 2.35 bits per heavy atom. The van der Waals surface area contributed by atoms with Gasteiger partial charge in [-0.25, -0.2) is 0 Å². The van der Waals surface area contributed by atoms with Gasteiger partial charge in [-0.2, -0.15) is 0 Å². The molecule has 0 aliphatic carbocycles. The number of rotatable bonds is 1. The van der Waals surface area contributed by atoms with E-state index >= 15 is 0 Å². The van der Waals surface area contributed by atoms with E-state index < -0.39 is 5.66 Å². The summed E-state index contributed by atoms with van der Waals surface area (Å²) in [5.74, 6) is 0. The van der Waals surface area contributed by atoms with Gasteiger partial charge >= 0.3 is 0 Å². The summed E-state index contributed by atoms with van der Waals surface area (Å²) in [6.07, 6.45) is 1.80. The van der Waals surface area contributed by atoms with Gasteiger partial charge in [0.05, 0.1) is 0 Å². The summed E-state index contributed by atoms with van der Waals surface area (Å²) in [5.41, 5.74) is 14.5. The maximum atomic E-state index is 12.3. The van der Waals surface area contributed by atoms with Crippen LogP contribution in [0.5, 0.6) is 0 Å². The highest BCUT2D eigenvalue weighted by Crippen LogP contribution is 2.30. The first kappa shape index (κ1) is 13.0. The third-order valence-corrected chi connectivity index (χ3v) is 3.48. The van der Waals surface area contributed by atoms with E-state index in [0.29, 0.717) is 5.69 Å². The van der Waals surface area contributed by atoms with E-state index in [-0.39, 0.29) is 11.6 Å². The average molecular weight is 267 g/mol. The Morgan fingerprint density at radius 1 is 0.950 bits per heavy atom. The van der Waals surface area contributed by atoms with Crippen molar-refractivity contribution < 1.29 is 5.06 Å². The van der Waals surface area contributed by atoms with Crippen molar-refractivity contribution in [3.05, 3.63) is 77.0 Å². The van der Waals surface area contributed by atoms with E-state index in [1.165, 1.54) is 0 Å². The Balaban J connectivity index is 2.23. The van der Waals surface area contributed by atoms with E-state index in [4.69, 9.17) is 11.5 Å². The Morgan fingerprint density at radius 2 is 1.60 bits per heavy atom. The van der Waals surface area contributed by atoms with Crippen LogP contribution >= 0.6 is 0 Å². The van der Waals surface area contributed by atoms with E-state index in [2.05, 4.69) is 0 Å². The molecule has 4 nitrogen and oxygen atoms in total. The van der Waals surface area contributed by atoms with Gasteiger partial charge in [-0.1, -0.05) is 42.5 Å².